The molecule has 0 radical (unpaired) electrons. The molecule has 0 bridgehead atoms. The number of nitrogens with one attached hydrogen (secondary N) is 2. The zero-order chi connectivity index (χ0) is 18.5. The number of amides is 1. The van der Waals surface area contributed by atoms with Crippen molar-refractivity contribution in [1.82, 2.24) is 5.32 Å². The lowest BCUT2D eigenvalue weighted by molar-refractivity contribution is 0.0974. The standard InChI is InChI=1S/C20H23N3O2S/c1-14-6-5-7-17(18(14)25-2)19(24)22-20(26)21-15-8-10-16(11-9-15)23-12-3-4-13-23/h5-11H,3-4,12-13H2,1-2H3,(H2,21,22,24,26). The van der Waals surface area contributed by atoms with Gasteiger partial charge in [-0.05, 0) is 67.9 Å². The Balaban J connectivity index is 1.62. The van der Waals surface area contributed by atoms with Gasteiger partial charge in [-0.25, -0.2) is 0 Å². The number of para-hydroxylation sites is 1. The maximum atomic E-state index is 12.5. The van der Waals surface area contributed by atoms with E-state index in [-0.39, 0.29) is 11.0 Å². The van der Waals surface area contributed by atoms with Crippen LogP contribution in [-0.4, -0.2) is 31.2 Å². The van der Waals surface area contributed by atoms with Gasteiger partial charge in [-0.3, -0.25) is 10.1 Å². The summed E-state index contributed by atoms with van der Waals surface area (Å²) in [6, 6.07) is 13.5. The van der Waals surface area contributed by atoms with E-state index in [9.17, 15) is 4.79 Å². The Morgan fingerprint density at radius 3 is 2.46 bits per heavy atom. The van der Waals surface area contributed by atoms with Crippen LogP contribution in [0.3, 0.4) is 0 Å². The molecule has 1 aliphatic heterocycles. The van der Waals surface area contributed by atoms with E-state index in [1.807, 2.05) is 31.2 Å². The van der Waals surface area contributed by atoms with E-state index in [1.54, 1.807) is 13.2 Å². The highest BCUT2D eigenvalue weighted by Crippen LogP contribution is 2.23. The molecular weight excluding hydrogens is 346 g/mol. The number of nitrogens with zero attached hydrogens (tertiary/aromatic N) is 1. The van der Waals surface area contributed by atoms with Gasteiger partial charge in [-0.15, -0.1) is 0 Å². The fourth-order valence-electron chi connectivity index (χ4n) is 3.17. The lowest BCUT2D eigenvalue weighted by Gasteiger charge is -2.18. The van der Waals surface area contributed by atoms with Crippen molar-refractivity contribution in [2.45, 2.75) is 19.8 Å². The molecule has 1 fully saturated rings. The molecular formula is C20H23N3O2S. The fraction of sp³-hybridized carbons (Fsp3) is 0.300. The van der Waals surface area contributed by atoms with E-state index in [4.69, 9.17) is 17.0 Å². The predicted octanol–water partition coefficient (Wildman–Crippen LogP) is 3.73. The zero-order valence-corrected chi connectivity index (χ0v) is 15.9. The smallest absolute Gasteiger partial charge is 0.261 e. The van der Waals surface area contributed by atoms with Crippen molar-refractivity contribution in [3.63, 3.8) is 0 Å². The van der Waals surface area contributed by atoms with Gasteiger partial charge in [0.2, 0.25) is 0 Å². The van der Waals surface area contributed by atoms with Crippen LogP contribution >= 0.6 is 12.2 Å². The summed E-state index contributed by atoms with van der Waals surface area (Å²) in [6.45, 7) is 4.12. The summed E-state index contributed by atoms with van der Waals surface area (Å²) in [5.41, 5.74) is 3.42. The topological polar surface area (TPSA) is 53.6 Å². The molecule has 3 rings (SSSR count). The minimum atomic E-state index is -0.295. The highest BCUT2D eigenvalue weighted by Gasteiger charge is 2.15. The van der Waals surface area contributed by atoms with Crippen molar-refractivity contribution in [3.05, 3.63) is 53.6 Å². The van der Waals surface area contributed by atoms with Gasteiger partial charge in [-0.2, -0.15) is 0 Å². The van der Waals surface area contributed by atoms with Crippen LogP contribution in [0, 0.1) is 6.92 Å². The molecule has 5 nitrogen and oxygen atoms in total. The summed E-state index contributed by atoms with van der Waals surface area (Å²) in [5, 5.41) is 6.02. The van der Waals surface area contributed by atoms with Crippen LogP contribution in [0.15, 0.2) is 42.5 Å². The van der Waals surface area contributed by atoms with Crippen LogP contribution < -0.4 is 20.3 Å². The Labute approximate surface area is 159 Å². The molecule has 136 valence electrons. The third-order valence-electron chi connectivity index (χ3n) is 4.48. The second-order valence-corrected chi connectivity index (χ2v) is 6.71. The molecule has 0 spiro atoms. The maximum Gasteiger partial charge on any atom is 0.261 e. The molecule has 6 heteroatoms. The molecule has 0 aliphatic carbocycles. The number of hydrogen-bond donors (Lipinski definition) is 2. The van der Waals surface area contributed by atoms with Crippen LogP contribution in [-0.2, 0) is 0 Å². The number of rotatable bonds is 4. The first-order chi connectivity index (χ1) is 12.6. The number of benzene rings is 2. The number of hydrogen-bond acceptors (Lipinski definition) is 4. The number of carbonyl (C=O) groups excluding carboxylic acids is 1. The van der Waals surface area contributed by atoms with Crippen molar-refractivity contribution >= 4 is 34.6 Å². The fourth-order valence-corrected chi connectivity index (χ4v) is 3.38. The third-order valence-corrected chi connectivity index (χ3v) is 4.69. The maximum absolute atomic E-state index is 12.5. The second kappa shape index (κ2) is 8.19. The first kappa shape index (κ1) is 18.2. The SMILES string of the molecule is COc1c(C)cccc1C(=O)NC(=S)Nc1ccc(N2CCCC2)cc1. The van der Waals surface area contributed by atoms with Crippen molar-refractivity contribution in [2.24, 2.45) is 0 Å². The number of thiocarbonyl (C=S) groups is 1. The number of carbonyl (C=O) groups is 1. The number of ether oxygens (including phenoxy) is 1. The van der Waals surface area contributed by atoms with Gasteiger partial charge in [0.25, 0.3) is 5.91 Å². The number of methoxy groups -OCH3 is 1. The van der Waals surface area contributed by atoms with E-state index in [0.717, 1.165) is 24.3 Å². The Morgan fingerprint density at radius 2 is 1.81 bits per heavy atom. The Hall–Kier alpha value is -2.60. The molecule has 0 saturated carbocycles. The molecule has 1 saturated heterocycles. The van der Waals surface area contributed by atoms with Gasteiger partial charge in [0.1, 0.15) is 5.75 Å². The average molecular weight is 369 g/mol. The van der Waals surface area contributed by atoms with Gasteiger partial charge >= 0.3 is 0 Å². The summed E-state index contributed by atoms with van der Waals surface area (Å²) < 4.78 is 5.33. The minimum Gasteiger partial charge on any atom is -0.496 e. The van der Waals surface area contributed by atoms with E-state index in [1.165, 1.54) is 18.5 Å². The predicted molar refractivity (Wildman–Crippen MR) is 109 cm³/mol. The summed E-state index contributed by atoms with van der Waals surface area (Å²) in [7, 11) is 1.55. The van der Waals surface area contributed by atoms with E-state index in [2.05, 4.69) is 27.7 Å². The molecule has 1 heterocycles. The van der Waals surface area contributed by atoms with Gasteiger partial charge in [0.15, 0.2) is 5.11 Å². The van der Waals surface area contributed by atoms with Crippen molar-refractivity contribution in [2.75, 3.05) is 30.4 Å². The van der Waals surface area contributed by atoms with Gasteiger partial charge in [-0.1, -0.05) is 12.1 Å². The largest absolute Gasteiger partial charge is 0.496 e. The minimum absolute atomic E-state index is 0.257. The van der Waals surface area contributed by atoms with Crippen molar-refractivity contribution in [3.8, 4) is 5.75 Å². The highest BCUT2D eigenvalue weighted by atomic mass is 32.1. The third kappa shape index (κ3) is 4.14. The van der Waals surface area contributed by atoms with Crippen LogP contribution in [0.1, 0.15) is 28.8 Å². The van der Waals surface area contributed by atoms with Gasteiger partial charge < -0.3 is 15.0 Å². The molecule has 0 unspecified atom stereocenters. The molecule has 2 aromatic rings. The van der Waals surface area contributed by atoms with Crippen LogP contribution in [0.25, 0.3) is 0 Å². The van der Waals surface area contributed by atoms with Gasteiger partial charge in [0.05, 0.1) is 12.7 Å². The molecule has 26 heavy (non-hydrogen) atoms. The van der Waals surface area contributed by atoms with Crippen molar-refractivity contribution in [1.29, 1.82) is 0 Å². The Morgan fingerprint density at radius 1 is 1.12 bits per heavy atom. The normalized spacial score (nSPS) is 13.4. The van der Waals surface area contributed by atoms with Crippen LogP contribution in [0.5, 0.6) is 5.75 Å². The average Bonchev–Trinajstić information content (AvgIpc) is 3.16. The lowest BCUT2D eigenvalue weighted by atomic mass is 10.1. The first-order valence-electron chi connectivity index (χ1n) is 8.69. The Kier molecular flexibility index (Phi) is 5.73. The quantitative estimate of drug-likeness (QED) is 0.805. The second-order valence-electron chi connectivity index (χ2n) is 6.30. The molecule has 2 aromatic carbocycles. The van der Waals surface area contributed by atoms with Crippen LogP contribution in [0.2, 0.25) is 0 Å². The lowest BCUT2D eigenvalue weighted by Crippen LogP contribution is -2.34. The molecule has 0 atom stereocenters. The molecule has 1 amide bonds. The highest BCUT2D eigenvalue weighted by molar-refractivity contribution is 7.80. The Bertz CT molecular complexity index is 799. The number of aryl methyl sites for hydroxylation is 1. The van der Waals surface area contributed by atoms with E-state index >= 15 is 0 Å². The van der Waals surface area contributed by atoms with E-state index < -0.39 is 0 Å². The molecule has 0 aromatic heterocycles. The monoisotopic (exact) mass is 369 g/mol. The summed E-state index contributed by atoms with van der Waals surface area (Å²) >= 11 is 5.27. The summed E-state index contributed by atoms with van der Waals surface area (Å²) in [5.74, 6) is 0.263. The molecule has 1 aliphatic rings. The van der Waals surface area contributed by atoms with Crippen LogP contribution in [0.4, 0.5) is 11.4 Å². The number of anilines is 2. The van der Waals surface area contributed by atoms with E-state index in [0.29, 0.717) is 11.3 Å². The van der Waals surface area contributed by atoms with Gasteiger partial charge in [0, 0.05) is 24.5 Å². The van der Waals surface area contributed by atoms with Crippen molar-refractivity contribution < 1.29 is 9.53 Å². The molecule has 2 N–H and O–H groups in total. The first-order valence-corrected chi connectivity index (χ1v) is 9.10. The summed E-state index contributed by atoms with van der Waals surface area (Å²) in [4.78, 5) is 14.8. The zero-order valence-electron chi connectivity index (χ0n) is 15.0. The summed E-state index contributed by atoms with van der Waals surface area (Å²) in [6.07, 6.45) is 2.50.